The predicted octanol–water partition coefficient (Wildman–Crippen LogP) is 3.49. The first-order chi connectivity index (χ1) is 14.2. The van der Waals surface area contributed by atoms with Crippen LogP contribution in [-0.2, 0) is 14.2 Å². The average molecular weight is 418 g/mol. The summed E-state index contributed by atoms with van der Waals surface area (Å²) < 4.78 is 28.3. The first-order valence-corrected chi connectivity index (χ1v) is 10.1. The number of aliphatic hydroxyl groups is 1. The third-order valence-corrected chi connectivity index (χ3v) is 5.10. The highest BCUT2D eigenvalue weighted by molar-refractivity contribution is 5.97. The third-order valence-electron chi connectivity index (χ3n) is 5.10. The van der Waals surface area contributed by atoms with Crippen LogP contribution >= 0.6 is 0 Å². The fourth-order valence-electron chi connectivity index (χ4n) is 3.71. The van der Waals surface area contributed by atoms with E-state index in [2.05, 4.69) is 0 Å². The zero-order valence-corrected chi connectivity index (χ0v) is 18.1. The van der Waals surface area contributed by atoms with Gasteiger partial charge in [0.25, 0.3) is 0 Å². The second kappa shape index (κ2) is 9.20. The van der Waals surface area contributed by atoms with Crippen LogP contribution in [0.3, 0.4) is 0 Å². The molecule has 7 nitrogen and oxygen atoms in total. The number of hydrogen-bond acceptors (Lipinski definition) is 7. The Morgan fingerprint density at radius 3 is 2.57 bits per heavy atom. The number of fused-ring (bicyclic) bond motifs is 2. The van der Waals surface area contributed by atoms with Gasteiger partial charge in [-0.15, -0.1) is 0 Å². The molecule has 1 aromatic carbocycles. The second-order valence-corrected chi connectivity index (χ2v) is 7.94. The van der Waals surface area contributed by atoms with E-state index in [1.54, 1.807) is 38.3 Å². The number of cyclic esters (lactones) is 1. The molecule has 2 aliphatic rings. The van der Waals surface area contributed by atoms with Gasteiger partial charge in [-0.25, -0.2) is 4.79 Å². The van der Waals surface area contributed by atoms with Crippen LogP contribution in [0.15, 0.2) is 30.4 Å². The number of esters is 1. The van der Waals surface area contributed by atoms with Crippen molar-refractivity contribution in [2.24, 2.45) is 0 Å². The highest BCUT2D eigenvalue weighted by Crippen LogP contribution is 2.34. The lowest BCUT2D eigenvalue weighted by molar-refractivity contribution is -0.152. The van der Waals surface area contributed by atoms with E-state index < -0.39 is 24.0 Å². The summed E-state index contributed by atoms with van der Waals surface area (Å²) in [5.41, 5.74) is 0.953. The number of aliphatic hydroxyl groups excluding tert-OH is 1. The zero-order chi connectivity index (χ0) is 21.9. The summed E-state index contributed by atoms with van der Waals surface area (Å²) in [6.07, 6.45) is 6.05. The Kier molecular flexibility index (Phi) is 6.85. The molecule has 0 amide bonds. The largest absolute Gasteiger partial charge is 0.497 e. The van der Waals surface area contributed by atoms with E-state index in [9.17, 15) is 9.90 Å². The van der Waals surface area contributed by atoms with Crippen LogP contribution in [0, 0.1) is 0 Å². The molecule has 7 heteroatoms. The average Bonchev–Trinajstić information content (AvgIpc) is 3.00. The minimum Gasteiger partial charge on any atom is -0.497 e. The molecule has 4 atom stereocenters. The van der Waals surface area contributed by atoms with Crippen molar-refractivity contribution in [2.45, 2.75) is 63.8 Å². The molecule has 0 saturated carbocycles. The molecule has 0 spiro atoms. The van der Waals surface area contributed by atoms with E-state index >= 15 is 0 Å². The van der Waals surface area contributed by atoms with Gasteiger partial charge in [0.15, 0.2) is 5.79 Å². The van der Waals surface area contributed by atoms with E-state index in [0.717, 1.165) is 0 Å². The normalized spacial score (nSPS) is 30.9. The third kappa shape index (κ3) is 5.03. The Balaban J connectivity index is 2.02. The maximum absolute atomic E-state index is 12.9. The van der Waals surface area contributed by atoms with Crippen LogP contribution in [-0.4, -0.2) is 55.5 Å². The maximum Gasteiger partial charge on any atom is 0.342 e. The molecule has 0 bridgehead atoms. The van der Waals surface area contributed by atoms with Crippen LogP contribution in [0.5, 0.6) is 11.5 Å². The fourth-order valence-corrected chi connectivity index (χ4v) is 3.71. The summed E-state index contributed by atoms with van der Waals surface area (Å²) in [5, 5.41) is 10.6. The first kappa shape index (κ1) is 22.3. The van der Waals surface area contributed by atoms with Crippen molar-refractivity contribution in [3.05, 3.63) is 41.5 Å². The van der Waals surface area contributed by atoms with Gasteiger partial charge < -0.3 is 28.8 Å². The van der Waals surface area contributed by atoms with Crippen LogP contribution in [0.25, 0.3) is 6.08 Å². The zero-order valence-electron chi connectivity index (χ0n) is 18.1. The van der Waals surface area contributed by atoms with Gasteiger partial charge in [-0.2, -0.15) is 0 Å². The first-order valence-electron chi connectivity index (χ1n) is 10.1. The van der Waals surface area contributed by atoms with Gasteiger partial charge in [-0.1, -0.05) is 24.3 Å². The smallest absolute Gasteiger partial charge is 0.342 e. The molecule has 0 aliphatic carbocycles. The number of benzene rings is 1. The van der Waals surface area contributed by atoms with Gasteiger partial charge in [0.1, 0.15) is 35.4 Å². The van der Waals surface area contributed by atoms with E-state index in [0.29, 0.717) is 35.5 Å². The minimum absolute atomic E-state index is 0.334. The second-order valence-electron chi connectivity index (χ2n) is 7.94. The fraction of sp³-hybridized carbons (Fsp3) is 0.522. The summed E-state index contributed by atoms with van der Waals surface area (Å²) in [6, 6.07) is 3.42. The molecule has 1 N–H and O–H groups in total. The molecule has 1 unspecified atom stereocenters. The van der Waals surface area contributed by atoms with Gasteiger partial charge in [0.2, 0.25) is 0 Å². The molecule has 1 aromatic rings. The van der Waals surface area contributed by atoms with Crippen molar-refractivity contribution in [1.82, 2.24) is 0 Å². The summed E-state index contributed by atoms with van der Waals surface area (Å²) in [4.78, 5) is 12.9. The number of carbonyl (C=O) groups excluding carboxylic acids is 1. The molecule has 1 saturated heterocycles. The molecule has 164 valence electrons. The maximum atomic E-state index is 12.9. The van der Waals surface area contributed by atoms with E-state index in [-0.39, 0.29) is 12.2 Å². The Labute approximate surface area is 177 Å². The number of rotatable bonds is 2. The van der Waals surface area contributed by atoms with Gasteiger partial charge in [0.05, 0.1) is 20.3 Å². The number of methoxy groups -OCH3 is 2. The van der Waals surface area contributed by atoms with Crippen molar-refractivity contribution in [3.63, 3.8) is 0 Å². The Hall–Kier alpha value is -2.35. The van der Waals surface area contributed by atoms with Gasteiger partial charge in [-0.3, -0.25) is 0 Å². The quantitative estimate of drug-likeness (QED) is 0.581. The van der Waals surface area contributed by atoms with Crippen LogP contribution < -0.4 is 9.47 Å². The highest BCUT2D eigenvalue weighted by atomic mass is 16.8. The SMILES string of the molecule is COc1cc2c(c(OC)c1)C(=O)O[C@@H](C)C/C=C\C(O)[C@H]1OC(C)(C)O[C@H]1C/C=C/2. The lowest BCUT2D eigenvalue weighted by atomic mass is 10.0. The van der Waals surface area contributed by atoms with Crippen LogP contribution in [0.1, 0.15) is 49.5 Å². The Morgan fingerprint density at radius 2 is 1.87 bits per heavy atom. The van der Waals surface area contributed by atoms with Crippen molar-refractivity contribution >= 4 is 12.0 Å². The lowest BCUT2D eigenvalue weighted by Gasteiger charge is -2.20. The summed E-state index contributed by atoms with van der Waals surface area (Å²) in [6.45, 7) is 5.45. The van der Waals surface area contributed by atoms with Crippen molar-refractivity contribution in [2.75, 3.05) is 14.2 Å². The lowest BCUT2D eigenvalue weighted by Crippen LogP contribution is -2.34. The molecule has 0 radical (unpaired) electrons. The molecule has 0 aromatic heterocycles. The Bertz CT molecular complexity index is 827. The molecule has 30 heavy (non-hydrogen) atoms. The standard InChI is InChI=1S/C23H30O7/c1-14-8-6-10-17(24)21-18(29-23(2,3)30-21)11-7-9-15-12-16(26-4)13-19(27-5)20(15)22(25)28-14/h6-7,9-10,12-14,17-18,21,24H,8,11H2,1-5H3/b9-7+,10-6-/t14-,17?,18-,21+/m0/s1. The summed E-state index contributed by atoms with van der Waals surface area (Å²) in [7, 11) is 3.06. The van der Waals surface area contributed by atoms with Crippen molar-refractivity contribution in [1.29, 1.82) is 0 Å². The molecule has 2 heterocycles. The molecule has 1 fully saturated rings. The van der Waals surface area contributed by atoms with Crippen molar-refractivity contribution < 1.29 is 33.6 Å². The summed E-state index contributed by atoms with van der Waals surface area (Å²) in [5.74, 6) is -0.325. The van der Waals surface area contributed by atoms with E-state index in [1.807, 2.05) is 26.0 Å². The minimum atomic E-state index is -0.830. The molecular weight excluding hydrogens is 388 g/mol. The van der Waals surface area contributed by atoms with Gasteiger partial charge >= 0.3 is 5.97 Å². The molecule has 2 aliphatic heterocycles. The number of carbonyl (C=O) groups is 1. The van der Waals surface area contributed by atoms with Gasteiger partial charge in [-0.05, 0) is 38.8 Å². The van der Waals surface area contributed by atoms with Crippen molar-refractivity contribution in [3.8, 4) is 11.5 Å². The molecular formula is C23H30O7. The summed E-state index contributed by atoms with van der Waals surface area (Å²) >= 11 is 0. The number of hydrogen-bond donors (Lipinski definition) is 1. The highest BCUT2D eigenvalue weighted by Gasteiger charge is 2.43. The molecule has 3 rings (SSSR count). The van der Waals surface area contributed by atoms with Crippen LogP contribution in [0.4, 0.5) is 0 Å². The predicted molar refractivity (Wildman–Crippen MR) is 112 cm³/mol. The van der Waals surface area contributed by atoms with E-state index in [4.69, 9.17) is 23.7 Å². The van der Waals surface area contributed by atoms with Crippen LogP contribution in [0.2, 0.25) is 0 Å². The topological polar surface area (TPSA) is 83.5 Å². The van der Waals surface area contributed by atoms with Gasteiger partial charge in [0, 0.05) is 12.5 Å². The number of ether oxygens (including phenoxy) is 5. The Morgan fingerprint density at radius 1 is 1.10 bits per heavy atom. The van der Waals surface area contributed by atoms with E-state index in [1.165, 1.54) is 7.11 Å². The monoisotopic (exact) mass is 418 g/mol.